The Hall–Kier alpha value is -1.50. The van der Waals surface area contributed by atoms with Crippen LogP contribution in [0, 0.1) is 28.6 Å². The quantitative estimate of drug-likeness (QED) is 0.649. The van der Waals surface area contributed by atoms with Crippen molar-refractivity contribution in [3.05, 3.63) is 34.4 Å². The number of rotatable bonds is 1. The van der Waals surface area contributed by atoms with E-state index >= 15 is 0 Å². The van der Waals surface area contributed by atoms with Crippen molar-refractivity contribution in [2.24, 2.45) is 28.6 Å². The molecular formula is C24H32O6. The maximum atomic E-state index is 13.7. The molecule has 4 saturated carbocycles. The van der Waals surface area contributed by atoms with E-state index in [-0.39, 0.29) is 41.0 Å². The zero-order valence-corrected chi connectivity index (χ0v) is 17.7. The molecule has 0 aliphatic heterocycles. The van der Waals surface area contributed by atoms with E-state index < -0.39 is 22.7 Å². The lowest BCUT2D eigenvalue weighted by atomic mass is 9.42. The highest BCUT2D eigenvalue weighted by molar-refractivity contribution is 5.89. The molecule has 0 amide bonds. The molecule has 0 saturated heterocycles. The second-order valence-corrected chi connectivity index (χ2v) is 10.8. The SMILES string of the molecule is C[C@]12CC[C@H](O)CC1CC[C@@H]1C2C(=O)[C@H](O)[C@]2(C)C(c3ccc(=O)oc3)CC[C@]12O. The van der Waals surface area contributed by atoms with Crippen LogP contribution < -0.4 is 5.63 Å². The van der Waals surface area contributed by atoms with Crippen molar-refractivity contribution in [2.45, 2.75) is 82.5 Å². The highest BCUT2D eigenvalue weighted by atomic mass is 16.4. The van der Waals surface area contributed by atoms with Crippen LogP contribution in [-0.2, 0) is 4.79 Å². The minimum absolute atomic E-state index is 0.153. The molecule has 0 radical (unpaired) electrons. The van der Waals surface area contributed by atoms with E-state index in [0.29, 0.717) is 25.7 Å². The first-order valence-electron chi connectivity index (χ1n) is 11.3. The van der Waals surface area contributed by atoms with Gasteiger partial charge in [-0.3, -0.25) is 4.79 Å². The number of hydrogen-bond acceptors (Lipinski definition) is 6. The normalized spacial score (nSPS) is 50.5. The van der Waals surface area contributed by atoms with Crippen molar-refractivity contribution in [1.82, 2.24) is 0 Å². The lowest BCUT2D eigenvalue weighted by Gasteiger charge is -2.63. The maximum Gasteiger partial charge on any atom is 0.335 e. The average molecular weight is 417 g/mol. The van der Waals surface area contributed by atoms with Gasteiger partial charge >= 0.3 is 5.63 Å². The smallest absolute Gasteiger partial charge is 0.335 e. The highest BCUT2D eigenvalue weighted by Gasteiger charge is 2.73. The van der Waals surface area contributed by atoms with E-state index in [0.717, 1.165) is 24.8 Å². The number of hydrogen-bond donors (Lipinski definition) is 3. The molecule has 30 heavy (non-hydrogen) atoms. The van der Waals surface area contributed by atoms with Crippen molar-refractivity contribution < 1.29 is 24.5 Å². The van der Waals surface area contributed by atoms with Gasteiger partial charge in [0, 0.05) is 17.4 Å². The van der Waals surface area contributed by atoms with Gasteiger partial charge in [-0.15, -0.1) is 0 Å². The first-order chi connectivity index (χ1) is 14.1. The Morgan fingerprint density at radius 1 is 1.03 bits per heavy atom. The minimum atomic E-state index is -1.27. The van der Waals surface area contributed by atoms with Crippen LogP contribution in [-0.4, -0.2) is 38.9 Å². The standard InChI is InChI=1S/C24H32O6/c1-22-9-7-15(25)11-14(22)4-5-17-19(22)20(27)21(28)23(2)16(8-10-24(17,23)29)13-3-6-18(26)30-12-13/h3,6,12,14-17,19,21,25,28-29H,4-5,7-11H2,1-2H3/t14?,15-,16?,17+,19?,21-,22-,23-,24-/m0/s1. The van der Waals surface area contributed by atoms with Gasteiger partial charge in [-0.1, -0.05) is 13.8 Å². The molecule has 4 aliphatic carbocycles. The number of carbonyl (C=O) groups excluding carboxylic acids is 1. The first-order valence-corrected chi connectivity index (χ1v) is 11.3. The van der Waals surface area contributed by atoms with Crippen LogP contribution in [0.2, 0.25) is 0 Å². The summed E-state index contributed by atoms with van der Waals surface area (Å²) >= 11 is 0. The van der Waals surface area contributed by atoms with Gasteiger partial charge in [0.05, 0.1) is 18.0 Å². The average Bonchev–Trinajstić information content (AvgIpc) is 3.00. The molecule has 6 heteroatoms. The predicted molar refractivity (Wildman–Crippen MR) is 109 cm³/mol. The lowest BCUT2D eigenvalue weighted by Crippen LogP contribution is -2.70. The Morgan fingerprint density at radius 3 is 2.50 bits per heavy atom. The molecule has 164 valence electrons. The van der Waals surface area contributed by atoms with Gasteiger partial charge in [0.25, 0.3) is 0 Å². The summed E-state index contributed by atoms with van der Waals surface area (Å²) in [6.45, 7) is 3.98. The fourth-order valence-corrected chi connectivity index (χ4v) is 8.09. The molecule has 0 bridgehead atoms. The molecule has 1 aromatic rings. The second-order valence-electron chi connectivity index (χ2n) is 10.8. The Labute approximate surface area is 176 Å². The molecule has 1 heterocycles. The van der Waals surface area contributed by atoms with Gasteiger partial charge in [-0.2, -0.15) is 0 Å². The van der Waals surface area contributed by atoms with E-state index in [2.05, 4.69) is 6.92 Å². The minimum Gasteiger partial charge on any atom is -0.431 e. The summed E-state index contributed by atoms with van der Waals surface area (Å²) < 4.78 is 5.07. The number of ketones is 1. The van der Waals surface area contributed by atoms with Crippen LogP contribution in [0.3, 0.4) is 0 Å². The topological polar surface area (TPSA) is 108 Å². The number of aliphatic hydroxyl groups is 3. The molecule has 3 unspecified atom stereocenters. The highest BCUT2D eigenvalue weighted by Crippen LogP contribution is 2.69. The van der Waals surface area contributed by atoms with Crippen LogP contribution in [0.4, 0.5) is 0 Å². The van der Waals surface area contributed by atoms with Crippen LogP contribution in [0.15, 0.2) is 27.6 Å². The first kappa shape index (κ1) is 20.4. The molecular weight excluding hydrogens is 384 g/mol. The molecule has 9 atom stereocenters. The maximum absolute atomic E-state index is 13.7. The van der Waals surface area contributed by atoms with Gasteiger partial charge in [0.1, 0.15) is 6.10 Å². The molecule has 4 aliphatic rings. The summed E-state index contributed by atoms with van der Waals surface area (Å²) in [6, 6.07) is 3.05. The monoisotopic (exact) mass is 416 g/mol. The third kappa shape index (κ3) is 2.41. The van der Waals surface area contributed by atoms with Crippen molar-refractivity contribution in [1.29, 1.82) is 0 Å². The third-order valence-electron chi connectivity index (χ3n) is 9.80. The fourth-order valence-electron chi connectivity index (χ4n) is 8.09. The van der Waals surface area contributed by atoms with Crippen LogP contribution in [0.5, 0.6) is 0 Å². The summed E-state index contributed by atoms with van der Waals surface area (Å²) in [5.41, 5.74) is -2.17. The van der Waals surface area contributed by atoms with E-state index in [4.69, 9.17) is 4.42 Å². The van der Waals surface area contributed by atoms with Crippen molar-refractivity contribution in [3.8, 4) is 0 Å². The molecule has 3 N–H and O–H groups in total. The fraction of sp³-hybridized carbons (Fsp3) is 0.750. The van der Waals surface area contributed by atoms with Crippen molar-refractivity contribution >= 4 is 5.78 Å². The Bertz CT molecular complexity index is 904. The molecule has 1 aromatic heterocycles. The van der Waals surface area contributed by atoms with Crippen LogP contribution in [0.1, 0.15) is 70.3 Å². The summed E-state index contributed by atoms with van der Waals surface area (Å²) in [6.07, 6.45) is 4.71. The number of Topliss-reactive ketones (excluding diaryl/α,β-unsaturated/α-hetero) is 1. The molecule has 6 nitrogen and oxygen atoms in total. The van der Waals surface area contributed by atoms with Gasteiger partial charge in [-0.25, -0.2) is 4.79 Å². The molecule has 5 rings (SSSR count). The summed E-state index contributed by atoms with van der Waals surface area (Å²) in [7, 11) is 0. The number of carbonyl (C=O) groups is 1. The molecule has 0 aromatic carbocycles. The third-order valence-corrected chi connectivity index (χ3v) is 9.80. The van der Waals surface area contributed by atoms with Crippen molar-refractivity contribution in [3.63, 3.8) is 0 Å². The zero-order valence-electron chi connectivity index (χ0n) is 17.7. The number of fused-ring (bicyclic) bond motifs is 5. The summed E-state index contributed by atoms with van der Waals surface area (Å²) in [5.74, 6) is -0.752. The largest absolute Gasteiger partial charge is 0.431 e. The van der Waals surface area contributed by atoms with Gasteiger partial charge in [0.2, 0.25) is 0 Å². The molecule has 4 fully saturated rings. The lowest BCUT2D eigenvalue weighted by molar-refractivity contribution is -0.230. The predicted octanol–water partition coefficient (Wildman–Crippen LogP) is 2.39. The second kappa shape index (κ2) is 6.50. The Balaban J connectivity index is 1.58. The van der Waals surface area contributed by atoms with Gasteiger partial charge in [-0.05, 0) is 79.7 Å². The van der Waals surface area contributed by atoms with Crippen LogP contribution >= 0.6 is 0 Å². The molecule has 0 spiro atoms. The zero-order chi connectivity index (χ0) is 21.5. The van der Waals surface area contributed by atoms with E-state index in [9.17, 15) is 24.9 Å². The van der Waals surface area contributed by atoms with E-state index in [1.807, 2.05) is 6.92 Å². The summed E-state index contributed by atoms with van der Waals surface area (Å²) in [5, 5.41) is 33.7. The Morgan fingerprint density at radius 2 is 1.80 bits per heavy atom. The summed E-state index contributed by atoms with van der Waals surface area (Å²) in [4.78, 5) is 25.1. The van der Waals surface area contributed by atoms with Gasteiger partial charge in [0.15, 0.2) is 5.78 Å². The van der Waals surface area contributed by atoms with Gasteiger partial charge < -0.3 is 19.7 Å². The van der Waals surface area contributed by atoms with E-state index in [1.165, 1.54) is 12.3 Å². The van der Waals surface area contributed by atoms with Crippen LogP contribution in [0.25, 0.3) is 0 Å². The van der Waals surface area contributed by atoms with E-state index in [1.54, 1.807) is 6.07 Å². The number of aliphatic hydroxyl groups excluding tert-OH is 2. The Kier molecular flexibility index (Phi) is 4.42. The van der Waals surface area contributed by atoms with Crippen molar-refractivity contribution in [2.75, 3.05) is 0 Å².